The van der Waals surface area contributed by atoms with Crippen molar-refractivity contribution in [2.75, 3.05) is 6.54 Å². The molecule has 1 fully saturated rings. The monoisotopic (exact) mass is 484 g/mol. The van der Waals surface area contributed by atoms with E-state index in [1.807, 2.05) is 25.1 Å². The first-order valence-corrected chi connectivity index (χ1v) is 13.3. The van der Waals surface area contributed by atoms with E-state index < -0.39 is 0 Å². The molecular formula is C29H36N6O. The zero-order chi connectivity index (χ0) is 24.9. The van der Waals surface area contributed by atoms with Crippen molar-refractivity contribution in [2.45, 2.75) is 77.4 Å². The molecule has 7 heteroatoms. The lowest BCUT2D eigenvalue weighted by molar-refractivity contribution is 0.163. The molecule has 7 nitrogen and oxygen atoms in total. The third kappa shape index (κ3) is 5.41. The summed E-state index contributed by atoms with van der Waals surface area (Å²) in [6.45, 7) is 5.61. The summed E-state index contributed by atoms with van der Waals surface area (Å²) in [5, 5.41) is 14.2. The topological polar surface area (TPSA) is 79.7 Å². The third-order valence-corrected chi connectivity index (χ3v) is 7.47. The number of tetrazole rings is 1. The van der Waals surface area contributed by atoms with Gasteiger partial charge in [-0.2, -0.15) is 0 Å². The average molecular weight is 485 g/mol. The van der Waals surface area contributed by atoms with E-state index >= 15 is 0 Å². The van der Waals surface area contributed by atoms with Gasteiger partial charge in [-0.05, 0) is 71.7 Å². The maximum Gasteiger partial charge on any atom is 0.252 e. The van der Waals surface area contributed by atoms with E-state index in [4.69, 9.17) is 0 Å². The van der Waals surface area contributed by atoms with E-state index in [9.17, 15) is 4.79 Å². The standard InChI is InChI=1S/C29H36N6O/c1-3-9-27(28-31-32-33-35(28)25-12-7-8-13-25)34(17-16-22-10-5-4-6-11-22)20-24-19-23-15-14-21(2)18-26(23)30-29(24)36/h4-6,10-11,14-15,18-19,25,27H,3,7-9,12-13,16-17,20H2,1-2H3,(H,30,36). The smallest absolute Gasteiger partial charge is 0.252 e. The van der Waals surface area contributed by atoms with Crippen LogP contribution in [0.25, 0.3) is 10.9 Å². The summed E-state index contributed by atoms with van der Waals surface area (Å²) in [6, 6.07) is 19.2. The number of pyridine rings is 1. The predicted octanol–water partition coefficient (Wildman–Crippen LogP) is 5.52. The van der Waals surface area contributed by atoms with E-state index in [-0.39, 0.29) is 11.6 Å². The molecule has 1 N–H and O–H groups in total. The maximum absolute atomic E-state index is 13.2. The number of aryl methyl sites for hydroxylation is 1. The van der Waals surface area contributed by atoms with Crippen LogP contribution in [0.15, 0.2) is 59.4 Å². The fourth-order valence-electron chi connectivity index (χ4n) is 5.54. The Balaban J connectivity index is 1.50. The Labute approximate surface area is 212 Å². The summed E-state index contributed by atoms with van der Waals surface area (Å²) >= 11 is 0. The maximum atomic E-state index is 13.2. The number of H-pyrrole nitrogens is 1. The number of benzene rings is 2. The molecule has 0 radical (unpaired) electrons. The second-order valence-corrected chi connectivity index (χ2v) is 10.1. The van der Waals surface area contributed by atoms with Crippen LogP contribution in [0, 0.1) is 6.92 Å². The summed E-state index contributed by atoms with van der Waals surface area (Å²) in [5.74, 6) is 0.935. The van der Waals surface area contributed by atoms with Gasteiger partial charge >= 0.3 is 0 Å². The van der Waals surface area contributed by atoms with Crippen molar-refractivity contribution in [1.82, 2.24) is 30.1 Å². The molecule has 36 heavy (non-hydrogen) atoms. The lowest BCUT2D eigenvalue weighted by Gasteiger charge is -2.31. The minimum Gasteiger partial charge on any atom is -0.322 e. The van der Waals surface area contributed by atoms with E-state index in [0.29, 0.717) is 12.6 Å². The van der Waals surface area contributed by atoms with Crippen LogP contribution in [-0.4, -0.2) is 36.6 Å². The van der Waals surface area contributed by atoms with Crippen LogP contribution >= 0.6 is 0 Å². The van der Waals surface area contributed by atoms with Gasteiger partial charge in [0.2, 0.25) is 0 Å². The second-order valence-electron chi connectivity index (χ2n) is 10.1. The normalized spacial score (nSPS) is 15.2. The molecule has 0 saturated heterocycles. The molecule has 0 bridgehead atoms. The van der Waals surface area contributed by atoms with Crippen LogP contribution in [0.1, 0.15) is 80.0 Å². The molecule has 1 aliphatic carbocycles. The number of fused-ring (bicyclic) bond motifs is 1. The second kappa shape index (κ2) is 11.2. The molecule has 1 atom stereocenters. The fraction of sp³-hybridized carbons (Fsp3) is 0.448. The third-order valence-electron chi connectivity index (χ3n) is 7.47. The molecule has 2 heterocycles. The summed E-state index contributed by atoms with van der Waals surface area (Å²) in [7, 11) is 0. The quantitative estimate of drug-likeness (QED) is 0.320. The number of aromatic amines is 1. The molecule has 2 aromatic heterocycles. The largest absolute Gasteiger partial charge is 0.322 e. The minimum absolute atomic E-state index is 0.0246. The van der Waals surface area contributed by atoms with Crippen LogP contribution in [-0.2, 0) is 13.0 Å². The van der Waals surface area contributed by atoms with Crippen LogP contribution in [0.2, 0.25) is 0 Å². The first-order chi connectivity index (χ1) is 17.6. The van der Waals surface area contributed by atoms with Crippen molar-refractivity contribution < 1.29 is 0 Å². The molecule has 4 aromatic rings. The van der Waals surface area contributed by atoms with Gasteiger partial charge in [0.05, 0.1) is 12.1 Å². The Bertz CT molecular complexity index is 1340. The van der Waals surface area contributed by atoms with Gasteiger partial charge in [-0.25, -0.2) is 4.68 Å². The number of nitrogens with one attached hydrogen (secondary N) is 1. The van der Waals surface area contributed by atoms with Gasteiger partial charge < -0.3 is 4.98 Å². The molecular weight excluding hydrogens is 448 g/mol. The SMILES string of the molecule is CCCC(c1nnnn1C1CCCC1)N(CCc1ccccc1)Cc1cc2ccc(C)cc2[nH]c1=O. The Morgan fingerprint density at radius 1 is 1.11 bits per heavy atom. The number of nitrogens with zero attached hydrogens (tertiary/aromatic N) is 5. The first kappa shape index (κ1) is 24.4. The van der Waals surface area contributed by atoms with Gasteiger partial charge in [-0.15, -0.1) is 5.10 Å². The van der Waals surface area contributed by atoms with Crippen LogP contribution in [0.5, 0.6) is 0 Å². The van der Waals surface area contributed by atoms with Crippen molar-refractivity contribution in [3.63, 3.8) is 0 Å². The summed E-state index contributed by atoms with van der Waals surface area (Å²) in [4.78, 5) is 18.7. The molecule has 2 aromatic carbocycles. The molecule has 188 valence electrons. The number of hydrogen-bond acceptors (Lipinski definition) is 5. The molecule has 0 amide bonds. The fourth-order valence-corrected chi connectivity index (χ4v) is 5.54. The molecule has 1 aliphatic rings. The van der Waals surface area contributed by atoms with Crippen molar-refractivity contribution in [1.29, 1.82) is 0 Å². The lowest BCUT2D eigenvalue weighted by atomic mass is 10.0. The Kier molecular flexibility index (Phi) is 7.56. The minimum atomic E-state index is -0.0246. The van der Waals surface area contributed by atoms with Gasteiger partial charge in [-0.1, -0.05) is 68.7 Å². The van der Waals surface area contributed by atoms with E-state index in [1.54, 1.807) is 0 Å². The Hall–Kier alpha value is -3.32. The highest BCUT2D eigenvalue weighted by atomic mass is 16.1. The molecule has 5 rings (SSSR count). The predicted molar refractivity (Wildman–Crippen MR) is 143 cm³/mol. The van der Waals surface area contributed by atoms with E-state index in [1.165, 1.54) is 18.4 Å². The molecule has 0 spiro atoms. The van der Waals surface area contributed by atoms with Crippen LogP contribution in [0.3, 0.4) is 0 Å². The van der Waals surface area contributed by atoms with Crippen LogP contribution < -0.4 is 5.56 Å². The summed E-state index contributed by atoms with van der Waals surface area (Å²) < 4.78 is 2.08. The summed E-state index contributed by atoms with van der Waals surface area (Å²) in [5.41, 5.74) is 4.06. The highest BCUT2D eigenvalue weighted by molar-refractivity contribution is 5.79. The molecule has 1 saturated carbocycles. The van der Waals surface area contributed by atoms with Gasteiger partial charge in [0.15, 0.2) is 5.82 Å². The van der Waals surface area contributed by atoms with Gasteiger partial charge in [0, 0.05) is 24.2 Å². The number of rotatable bonds is 10. The van der Waals surface area contributed by atoms with Crippen molar-refractivity contribution in [3.8, 4) is 0 Å². The Morgan fingerprint density at radius 2 is 1.92 bits per heavy atom. The van der Waals surface area contributed by atoms with E-state index in [0.717, 1.165) is 66.5 Å². The number of hydrogen-bond donors (Lipinski definition) is 1. The van der Waals surface area contributed by atoms with E-state index in [2.05, 4.69) is 73.4 Å². The summed E-state index contributed by atoms with van der Waals surface area (Å²) in [6.07, 6.45) is 7.56. The highest BCUT2D eigenvalue weighted by Crippen LogP contribution is 2.33. The first-order valence-electron chi connectivity index (χ1n) is 13.3. The molecule has 1 unspecified atom stereocenters. The van der Waals surface area contributed by atoms with Crippen molar-refractivity contribution in [3.05, 3.63) is 87.5 Å². The van der Waals surface area contributed by atoms with Gasteiger partial charge in [-0.3, -0.25) is 9.69 Å². The van der Waals surface area contributed by atoms with Crippen LogP contribution in [0.4, 0.5) is 0 Å². The zero-order valence-electron chi connectivity index (χ0n) is 21.4. The van der Waals surface area contributed by atoms with Crippen molar-refractivity contribution in [2.24, 2.45) is 0 Å². The molecule has 0 aliphatic heterocycles. The Morgan fingerprint density at radius 3 is 2.69 bits per heavy atom. The highest BCUT2D eigenvalue weighted by Gasteiger charge is 2.30. The average Bonchev–Trinajstić information content (AvgIpc) is 3.58. The van der Waals surface area contributed by atoms with Gasteiger partial charge in [0.1, 0.15) is 0 Å². The lowest BCUT2D eigenvalue weighted by Crippen LogP contribution is -2.34. The van der Waals surface area contributed by atoms with Gasteiger partial charge in [0.25, 0.3) is 5.56 Å². The van der Waals surface area contributed by atoms with Crippen molar-refractivity contribution >= 4 is 10.9 Å². The number of aromatic nitrogens is 5. The zero-order valence-corrected chi connectivity index (χ0v) is 21.4.